The first-order valence-corrected chi connectivity index (χ1v) is 6.41. The maximum absolute atomic E-state index is 11.8. The van der Waals surface area contributed by atoms with E-state index in [9.17, 15) is 19.0 Å². The van der Waals surface area contributed by atoms with Gasteiger partial charge >= 0.3 is 19.7 Å². The van der Waals surface area contributed by atoms with Crippen molar-refractivity contribution in [1.29, 1.82) is 0 Å². The fraction of sp³-hybridized carbons (Fsp3) is 0.200. The van der Waals surface area contributed by atoms with E-state index in [1.807, 2.05) is 0 Å². The van der Waals surface area contributed by atoms with Crippen LogP contribution in [0.5, 0.6) is 0 Å². The number of aliphatic carboxylic acids is 1. The smallest absolute Gasteiger partial charge is 0.480 e. The van der Waals surface area contributed by atoms with E-state index in [0.29, 0.717) is 0 Å². The van der Waals surface area contributed by atoms with Gasteiger partial charge in [0.15, 0.2) is 5.66 Å². The van der Waals surface area contributed by atoms with Crippen molar-refractivity contribution in [1.82, 2.24) is 0 Å². The van der Waals surface area contributed by atoms with Gasteiger partial charge in [-0.15, -0.1) is 0 Å². The fourth-order valence-corrected chi connectivity index (χ4v) is 2.52. The summed E-state index contributed by atoms with van der Waals surface area (Å²) >= 11 is 0. The summed E-state index contributed by atoms with van der Waals surface area (Å²) in [6.07, 6.45) is -1.41. The van der Waals surface area contributed by atoms with Gasteiger partial charge in [0, 0.05) is 0 Å². The molecule has 98 valence electrons. The SMILES string of the molecule is COC(=O)OP(=O)(O)C(C(=O)O)c1ccccc1. The van der Waals surface area contributed by atoms with Crippen molar-refractivity contribution in [2.45, 2.75) is 5.66 Å². The molecule has 0 aromatic heterocycles. The maximum atomic E-state index is 11.8. The topological polar surface area (TPSA) is 110 Å². The number of benzene rings is 1. The van der Waals surface area contributed by atoms with Crippen LogP contribution < -0.4 is 0 Å². The van der Waals surface area contributed by atoms with Gasteiger partial charge in [-0.1, -0.05) is 30.3 Å². The number of hydrogen-bond acceptors (Lipinski definition) is 5. The van der Waals surface area contributed by atoms with E-state index in [0.717, 1.165) is 7.11 Å². The van der Waals surface area contributed by atoms with E-state index in [-0.39, 0.29) is 5.56 Å². The molecular weight excluding hydrogens is 263 g/mol. The highest BCUT2D eigenvalue weighted by atomic mass is 31.2. The maximum Gasteiger partial charge on any atom is 0.514 e. The number of hydrogen-bond donors (Lipinski definition) is 2. The van der Waals surface area contributed by atoms with Gasteiger partial charge in [0.25, 0.3) is 0 Å². The number of carbonyl (C=O) groups is 2. The lowest BCUT2D eigenvalue weighted by atomic mass is 10.1. The molecule has 2 unspecified atom stereocenters. The molecule has 0 fully saturated rings. The lowest BCUT2D eigenvalue weighted by Gasteiger charge is -2.18. The van der Waals surface area contributed by atoms with Gasteiger partial charge < -0.3 is 19.3 Å². The Kier molecular flexibility index (Phi) is 4.47. The Morgan fingerprint density at radius 2 is 1.83 bits per heavy atom. The summed E-state index contributed by atoms with van der Waals surface area (Å²) in [5.41, 5.74) is -1.79. The van der Waals surface area contributed by atoms with Crippen LogP contribution in [0.4, 0.5) is 4.79 Å². The third-order valence-corrected chi connectivity index (χ3v) is 3.63. The Hall–Kier alpha value is -1.85. The molecule has 1 aromatic rings. The Morgan fingerprint density at radius 3 is 2.28 bits per heavy atom. The highest BCUT2D eigenvalue weighted by Gasteiger charge is 2.43. The minimum Gasteiger partial charge on any atom is -0.480 e. The average Bonchev–Trinajstić information content (AvgIpc) is 2.28. The molecule has 2 N–H and O–H groups in total. The number of ether oxygens (including phenoxy) is 1. The molecule has 18 heavy (non-hydrogen) atoms. The van der Waals surface area contributed by atoms with E-state index in [2.05, 4.69) is 9.26 Å². The molecule has 2 atom stereocenters. The number of carboxylic acid groups (broad SMARTS) is 1. The van der Waals surface area contributed by atoms with Crippen molar-refractivity contribution in [3.8, 4) is 0 Å². The van der Waals surface area contributed by atoms with Gasteiger partial charge in [-0.05, 0) is 5.56 Å². The number of rotatable bonds is 4. The van der Waals surface area contributed by atoms with E-state index in [1.165, 1.54) is 24.3 Å². The predicted octanol–water partition coefficient (Wildman–Crippen LogP) is 1.78. The molecule has 7 nitrogen and oxygen atoms in total. The second-order valence-electron chi connectivity index (χ2n) is 3.26. The summed E-state index contributed by atoms with van der Waals surface area (Å²) < 4.78 is 20.0. The first-order valence-electron chi connectivity index (χ1n) is 4.76. The van der Waals surface area contributed by atoms with Crippen LogP contribution in [0, 0.1) is 0 Å². The molecule has 0 saturated carbocycles. The lowest BCUT2D eigenvalue weighted by molar-refractivity contribution is -0.137. The van der Waals surface area contributed by atoms with Crippen LogP contribution in [-0.4, -0.2) is 29.2 Å². The first kappa shape index (κ1) is 14.2. The molecule has 0 aliphatic rings. The van der Waals surface area contributed by atoms with Gasteiger partial charge in [-0.3, -0.25) is 4.79 Å². The van der Waals surface area contributed by atoms with Crippen molar-refractivity contribution in [2.24, 2.45) is 0 Å². The zero-order chi connectivity index (χ0) is 13.8. The van der Waals surface area contributed by atoms with Crippen LogP contribution >= 0.6 is 7.60 Å². The Balaban J connectivity index is 3.10. The zero-order valence-electron chi connectivity index (χ0n) is 9.35. The summed E-state index contributed by atoms with van der Waals surface area (Å²) in [5.74, 6) is -1.57. The molecule has 0 aliphatic heterocycles. The highest BCUT2D eigenvalue weighted by molar-refractivity contribution is 7.54. The zero-order valence-corrected chi connectivity index (χ0v) is 10.2. The van der Waals surface area contributed by atoms with Gasteiger partial charge in [0.2, 0.25) is 0 Å². The molecule has 0 radical (unpaired) electrons. The van der Waals surface area contributed by atoms with Crippen LogP contribution in [-0.2, 0) is 18.6 Å². The second kappa shape index (κ2) is 5.66. The molecule has 0 aliphatic carbocycles. The molecule has 0 saturated heterocycles. The monoisotopic (exact) mass is 274 g/mol. The van der Waals surface area contributed by atoms with Crippen molar-refractivity contribution < 1.29 is 33.4 Å². The normalized spacial score (nSPS) is 15.2. The number of carbonyl (C=O) groups excluding carboxylic acids is 1. The first-order chi connectivity index (χ1) is 8.38. The number of methoxy groups -OCH3 is 1. The summed E-state index contributed by atoms with van der Waals surface area (Å²) in [5, 5.41) is 8.98. The third-order valence-electron chi connectivity index (χ3n) is 2.05. The van der Waals surface area contributed by atoms with Crippen LogP contribution in [0.15, 0.2) is 30.3 Å². The molecule has 0 heterocycles. The molecule has 1 rings (SSSR count). The number of carboxylic acids is 1. The van der Waals surface area contributed by atoms with Gasteiger partial charge in [-0.25, -0.2) is 9.36 Å². The summed E-state index contributed by atoms with van der Waals surface area (Å²) in [7, 11) is -3.78. The highest BCUT2D eigenvalue weighted by Crippen LogP contribution is 2.56. The van der Waals surface area contributed by atoms with Crippen molar-refractivity contribution in [2.75, 3.05) is 7.11 Å². The summed E-state index contributed by atoms with van der Waals surface area (Å²) in [6, 6.07) is 7.32. The molecule has 0 bridgehead atoms. The molecule has 0 spiro atoms. The fourth-order valence-electron chi connectivity index (χ4n) is 1.30. The Labute approximate surface area is 102 Å². The van der Waals surface area contributed by atoms with Crippen molar-refractivity contribution in [3.63, 3.8) is 0 Å². The Morgan fingerprint density at radius 1 is 1.28 bits per heavy atom. The van der Waals surface area contributed by atoms with Gasteiger partial charge in [0.05, 0.1) is 7.11 Å². The largest absolute Gasteiger partial charge is 0.514 e. The van der Waals surface area contributed by atoms with Crippen LogP contribution in [0.25, 0.3) is 0 Å². The summed E-state index contributed by atoms with van der Waals surface area (Å²) in [6.45, 7) is 0. The van der Waals surface area contributed by atoms with Crippen molar-refractivity contribution in [3.05, 3.63) is 35.9 Å². The average molecular weight is 274 g/mol. The molecule has 8 heteroatoms. The minimum absolute atomic E-state index is 0.0553. The van der Waals surface area contributed by atoms with Crippen LogP contribution in [0.2, 0.25) is 0 Å². The molecule has 0 amide bonds. The molecule has 1 aromatic carbocycles. The van der Waals surface area contributed by atoms with E-state index < -0.39 is 25.4 Å². The predicted molar refractivity (Wildman–Crippen MR) is 60.1 cm³/mol. The second-order valence-corrected chi connectivity index (χ2v) is 5.09. The quantitative estimate of drug-likeness (QED) is 0.635. The van der Waals surface area contributed by atoms with E-state index in [4.69, 9.17) is 5.11 Å². The van der Waals surface area contributed by atoms with Crippen LogP contribution in [0.1, 0.15) is 11.2 Å². The Bertz CT molecular complexity index is 484. The van der Waals surface area contributed by atoms with Gasteiger partial charge in [-0.2, -0.15) is 0 Å². The van der Waals surface area contributed by atoms with Gasteiger partial charge in [0.1, 0.15) is 0 Å². The lowest BCUT2D eigenvalue weighted by Crippen LogP contribution is -2.15. The van der Waals surface area contributed by atoms with Crippen LogP contribution in [0.3, 0.4) is 0 Å². The van der Waals surface area contributed by atoms with Crippen molar-refractivity contribution >= 4 is 19.7 Å². The molecular formula is C10H11O7P. The standard InChI is InChI=1S/C10H11O7P/c1-16-10(13)17-18(14,15)8(9(11)12)7-5-3-2-4-6-7/h2-6,8H,1H3,(H,11,12)(H,14,15). The van der Waals surface area contributed by atoms with E-state index >= 15 is 0 Å². The van der Waals surface area contributed by atoms with E-state index in [1.54, 1.807) is 6.07 Å². The minimum atomic E-state index is -4.73. The third kappa shape index (κ3) is 3.32. The summed E-state index contributed by atoms with van der Waals surface area (Å²) in [4.78, 5) is 31.4.